The number of ether oxygens (including phenoxy) is 4. The first kappa shape index (κ1) is 22.3. The number of anilines is 1. The summed E-state index contributed by atoms with van der Waals surface area (Å²) < 4.78 is 26.7. The van der Waals surface area contributed by atoms with Gasteiger partial charge in [-0.15, -0.1) is 0 Å². The van der Waals surface area contributed by atoms with E-state index in [0.29, 0.717) is 12.4 Å². The molecule has 1 aliphatic carbocycles. The highest BCUT2D eigenvalue weighted by molar-refractivity contribution is 5.86. The minimum Gasteiger partial charge on any atom is -0.383 e. The summed E-state index contributed by atoms with van der Waals surface area (Å²) in [6, 6.07) is 10.5. The van der Waals surface area contributed by atoms with E-state index in [9.17, 15) is 0 Å². The van der Waals surface area contributed by atoms with E-state index in [1.807, 2.05) is 46.0 Å². The predicted octanol–water partition coefficient (Wildman–Crippen LogP) is 4.12. The molecule has 176 valence electrons. The lowest BCUT2D eigenvalue weighted by Crippen LogP contribution is -2.29. The van der Waals surface area contributed by atoms with Crippen LogP contribution < -0.4 is 5.73 Å². The largest absolute Gasteiger partial charge is 0.383 e. The molecule has 33 heavy (non-hydrogen) atoms. The zero-order valence-corrected chi connectivity index (χ0v) is 19.8. The summed E-state index contributed by atoms with van der Waals surface area (Å²) in [4.78, 5) is 8.64. The summed E-state index contributed by atoms with van der Waals surface area (Å²) in [5, 5.41) is 0.852. The van der Waals surface area contributed by atoms with Gasteiger partial charge in [0.1, 0.15) is 23.9 Å². The molecular weight excluding hydrogens is 420 g/mol. The third kappa shape index (κ3) is 3.71. The maximum absolute atomic E-state index is 6.45. The second-order valence-corrected chi connectivity index (χ2v) is 9.40. The lowest BCUT2D eigenvalue weighted by Gasteiger charge is -2.29. The number of hydrogen-bond acceptors (Lipinski definition) is 7. The SMILES string of the molecule is CCOC(C)(OC)c1cccc([C@H]2C[C@@H](n3ccc4c(N)ncnc43)[C@@H]3OC(C)(C)O[C@@H]32)c1. The minimum absolute atomic E-state index is 0.0536. The highest BCUT2D eigenvalue weighted by Crippen LogP contribution is 2.51. The van der Waals surface area contributed by atoms with Gasteiger partial charge in [-0.25, -0.2) is 9.97 Å². The molecule has 1 unspecified atom stereocenters. The van der Waals surface area contributed by atoms with Crippen molar-refractivity contribution in [1.29, 1.82) is 0 Å². The summed E-state index contributed by atoms with van der Waals surface area (Å²) in [5.74, 6) is -0.843. The summed E-state index contributed by atoms with van der Waals surface area (Å²) in [6.07, 6.45) is 4.19. The van der Waals surface area contributed by atoms with Crippen LogP contribution in [0.4, 0.5) is 5.82 Å². The van der Waals surface area contributed by atoms with Gasteiger partial charge in [-0.1, -0.05) is 24.3 Å². The van der Waals surface area contributed by atoms with Gasteiger partial charge in [0, 0.05) is 31.4 Å². The Morgan fingerprint density at radius 1 is 1.21 bits per heavy atom. The van der Waals surface area contributed by atoms with Gasteiger partial charge >= 0.3 is 0 Å². The maximum atomic E-state index is 6.45. The van der Waals surface area contributed by atoms with Crippen molar-refractivity contribution in [2.24, 2.45) is 0 Å². The quantitative estimate of drug-likeness (QED) is 0.562. The molecule has 1 aliphatic heterocycles. The summed E-state index contributed by atoms with van der Waals surface area (Å²) in [5.41, 5.74) is 9.07. The molecular formula is C25H32N4O4. The maximum Gasteiger partial charge on any atom is 0.191 e. The van der Waals surface area contributed by atoms with E-state index in [4.69, 9.17) is 24.7 Å². The fourth-order valence-corrected chi connectivity index (χ4v) is 5.40. The smallest absolute Gasteiger partial charge is 0.191 e. The van der Waals surface area contributed by atoms with E-state index in [-0.39, 0.29) is 24.2 Å². The zero-order valence-electron chi connectivity index (χ0n) is 19.8. The number of rotatable bonds is 6. The van der Waals surface area contributed by atoms with Gasteiger partial charge in [0.2, 0.25) is 0 Å². The van der Waals surface area contributed by atoms with Crippen LogP contribution in [-0.4, -0.2) is 46.2 Å². The van der Waals surface area contributed by atoms with E-state index in [1.54, 1.807) is 7.11 Å². The van der Waals surface area contributed by atoms with E-state index in [1.165, 1.54) is 11.9 Å². The molecule has 2 aliphatic rings. The second kappa shape index (κ2) is 8.06. The highest BCUT2D eigenvalue weighted by Gasteiger charge is 2.55. The van der Waals surface area contributed by atoms with Gasteiger partial charge in [0.25, 0.3) is 0 Å². The normalized spacial score (nSPS) is 28.2. The van der Waals surface area contributed by atoms with Gasteiger partial charge in [0.15, 0.2) is 11.6 Å². The van der Waals surface area contributed by atoms with Crippen molar-refractivity contribution in [3.8, 4) is 0 Å². The molecule has 1 saturated carbocycles. The van der Waals surface area contributed by atoms with E-state index >= 15 is 0 Å². The van der Waals surface area contributed by atoms with Crippen LogP contribution in [0.25, 0.3) is 11.0 Å². The van der Waals surface area contributed by atoms with E-state index in [2.05, 4.69) is 32.7 Å². The molecule has 1 saturated heterocycles. The third-order valence-electron chi connectivity index (χ3n) is 6.98. The Morgan fingerprint density at radius 3 is 2.76 bits per heavy atom. The number of aromatic nitrogens is 3. The monoisotopic (exact) mass is 452 g/mol. The van der Waals surface area contributed by atoms with Gasteiger partial charge in [-0.05, 0) is 45.7 Å². The molecule has 0 spiro atoms. The van der Waals surface area contributed by atoms with Crippen LogP contribution >= 0.6 is 0 Å². The number of nitrogen functional groups attached to an aromatic ring is 1. The van der Waals surface area contributed by atoms with Crippen molar-refractivity contribution >= 4 is 16.9 Å². The molecule has 0 radical (unpaired) electrons. The molecule has 1 aromatic carbocycles. The molecule has 3 aromatic rings. The van der Waals surface area contributed by atoms with Gasteiger partial charge in [-0.3, -0.25) is 0 Å². The van der Waals surface area contributed by atoms with Crippen molar-refractivity contribution < 1.29 is 18.9 Å². The number of hydrogen-bond donors (Lipinski definition) is 1. The van der Waals surface area contributed by atoms with Gasteiger partial charge < -0.3 is 29.2 Å². The average molecular weight is 453 g/mol. The van der Waals surface area contributed by atoms with E-state index < -0.39 is 11.6 Å². The lowest BCUT2D eigenvalue weighted by atomic mass is 9.92. The molecule has 8 heteroatoms. The molecule has 5 rings (SSSR count). The van der Waals surface area contributed by atoms with Gasteiger partial charge in [-0.2, -0.15) is 0 Å². The molecule has 8 nitrogen and oxygen atoms in total. The number of nitrogens with two attached hydrogens (primary N) is 1. The Balaban J connectivity index is 1.54. The Labute approximate surface area is 194 Å². The van der Waals surface area contributed by atoms with Crippen LogP contribution in [0, 0.1) is 0 Å². The molecule has 2 fully saturated rings. The van der Waals surface area contributed by atoms with Crippen molar-refractivity contribution in [1.82, 2.24) is 14.5 Å². The van der Waals surface area contributed by atoms with Crippen LogP contribution in [0.3, 0.4) is 0 Å². The Morgan fingerprint density at radius 2 is 2.00 bits per heavy atom. The molecule has 2 aromatic heterocycles. The fraction of sp³-hybridized carbons (Fsp3) is 0.520. The lowest BCUT2D eigenvalue weighted by molar-refractivity contribution is -0.216. The van der Waals surface area contributed by atoms with Gasteiger partial charge in [0.05, 0.1) is 17.5 Å². The van der Waals surface area contributed by atoms with Crippen molar-refractivity contribution in [2.45, 2.75) is 69.9 Å². The van der Waals surface area contributed by atoms with Crippen LogP contribution in [0.2, 0.25) is 0 Å². The summed E-state index contributed by atoms with van der Waals surface area (Å²) in [6.45, 7) is 8.42. The van der Waals surface area contributed by atoms with Crippen LogP contribution in [0.1, 0.15) is 57.2 Å². The Kier molecular flexibility index (Phi) is 5.44. The van der Waals surface area contributed by atoms with Crippen LogP contribution in [0.15, 0.2) is 42.9 Å². The molecule has 0 bridgehead atoms. The molecule has 2 N–H and O–H groups in total. The highest BCUT2D eigenvalue weighted by atomic mass is 16.8. The first-order chi connectivity index (χ1) is 15.8. The summed E-state index contributed by atoms with van der Waals surface area (Å²) in [7, 11) is 1.67. The molecule has 5 atom stereocenters. The number of methoxy groups -OCH3 is 1. The topological polar surface area (TPSA) is 93.7 Å². The van der Waals surface area contributed by atoms with Crippen LogP contribution in [-0.2, 0) is 24.7 Å². The molecule has 0 amide bonds. The molecule has 3 heterocycles. The van der Waals surface area contributed by atoms with E-state index in [0.717, 1.165) is 23.0 Å². The van der Waals surface area contributed by atoms with Crippen molar-refractivity contribution in [3.05, 3.63) is 54.0 Å². The Bertz CT molecular complexity index is 1160. The first-order valence-corrected chi connectivity index (χ1v) is 11.5. The number of benzene rings is 1. The minimum atomic E-state index is -0.806. The predicted molar refractivity (Wildman–Crippen MR) is 125 cm³/mol. The number of nitrogens with zero attached hydrogens (tertiary/aromatic N) is 3. The van der Waals surface area contributed by atoms with Crippen molar-refractivity contribution in [3.63, 3.8) is 0 Å². The Hall–Kier alpha value is -2.52. The van der Waals surface area contributed by atoms with Crippen molar-refractivity contribution in [2.75, 3.05) is 19.5 Å². The first-order valence-electron chi connectivity index (χ1n) is 11.5. The average Bonchev–Trinajstić information content (AvgIpc) is 3.45. The third-order valence-corrected chi connectivity index (χ3v) is 6.98. The summed E-state index contributed by atoms with van der Waals surface area (Å²) >= 11 is 0. The fourth-order valence-electron chi connectivity index (χ4n) is 5.40. The zero-order chi connectivity index (χ0) is 23.4. The standard InChI is InChI=1S/C25H32N4O4/c1-6-31-25(4,30-5)16-9-7-8-15(12-16)18-13-19(21-20(18)32-24(2,3)33-21)29-11-10-17-22(26)27-14-28-23(17)29/h7-12,14,18-21H,6,13H2,1-5H3,(H2,26,27,28)/t18-,19-,20-,21+,25?/m1/s1. The number of fused-ring (bicyclic) bond motifs is 2. The second-order valence-electron chi connectivity index (χ2n) is 9.40. The van der Waals surface area contributed by atoms with Crippen LogP contribution in [0.5, 0.6) is 0 Å².